The van der Waals surface area contributed by atoms with Gasteiger partial charge in [-0.15, -0.1) is 0 Å². The predicted octanol–water partition coefficient (Wildman–Crippen LogP) is 1.99. The van der Waals surface area contributed by atoms with Crippen molar-refractivity contribution in [1.29, 1.82) is 0 Å². The first-order chi connectivity index (χ1) is 11.0. The molecule has 1 saturated heterocycles. The molecule has 8 heteroatoms. The third-order valence-corrected chi connectivity index (χ3v) is 6.10. The summed E-state index contributed by atoms with van der Waals surface area (Å²) in [6.07, 6.45) is 3.01. The Kier molecular flexibility index (Phi) is 4.52. The molecule has 0 bridgehead atoms. The van der Waals surface area contributed by atoms with E-state index in [0.29, 0.717) is 18.1 Å². The topological polar surface area (TPSA) is 83.1 Å². The molecule has 1 aliphatic rings. The van der Waals surface area contributed by atoms with E-state index < -0.39 is 15.7 Å². The van der Waals surface area contributed by atoms with Gasteiger partial charge in [0, 0.05) is 35.9 Å². The lowest BCUT2D eigenvalue weighted by Gasteiger charge is -2.31. The van der Waals surface area contributed by atoms with Crippen LogP contribution in [0.4, 0.5) is 0 Å². The predicted molar refractivity (Wildman–Crippen MR) is 87.0 cm³/mol. The average molecular weight is 354 g/mol. The average Bonchev–Trinajstić information content (AvgIpc) is 2.55. The van der Waals surface area contributed by atoms with Crippen LogP contribution in [0.2, 0.25) is 5.02 Å². The second-order valence-electron chi connectivity index (χ2n) is 5.49. The molecule has 2 aromatic rings. The van der Waals surface area contributed by atoms with E-state index in [4.69, 9.17) is 11.6 Å². The molecule has 0 radical (unpaired) electrons. The van der Waals surface area contributed by atoms with Crippen LogP contribution in [0.15, 0.2) is 46.2 Å². The quantitative estimate of drug-likeness (QED) is 0.914. The molecular weight excluding hydrogens is 338 g/mol. The molecule has 1 aromatic heterocycles. The van der Waals surface area contributed by atoms with Gasteiger partial charge in [0.25, 0.3) is 0 Å². The van der Waals surface area contributed by atoms with Crippen molar-refractivity contribution in [2.75, 3.05) is 13.1 Å². The van der Waals surface area contributed by atoms with Crippen molar-refractivity contribution in [2.45, 2.75) is 23.7 Å². The minimum Gasteiger partial charge on any atom is -0.309 e. The number of H-pyrrole nitrogens is 1. The van der Waals surface area contributed by atoms with Crippen molar-refractivity contribution >= 4 is 21.6 Å². The Bertz CT molecular complexity index is 849. The smallest absolute Gasteiger partial charge is 0.309 e. The molecule has 1 fully saturated rings. The molecule has 1 N–H and O–H groups in total. The summed E-state index contributed by atoms with van der Waals surface area (Å²) in [5.74, 6) is -0.0403. The van der Waals surface area contributed by atoms with Crippen molar-refractivity contribution in [3.05, 3.63) is 57.7 Å². The zero-order valence-electron chi connectivity index (χ0n) is 12.3. The molecule has 2 heterocycles. The Morgan fingerprint density at radius 1 is 1.22 bits per heavy atom. The van der Waals surface area contributed by atoms with Crippen LogP contribution in [0, 0.1) is 0 Å². The summed E-state index contributed by atoms with van der Waals surface area (Å²) in [6, 6.07) is 7.88. The van der Waals surface area contributed by atoms with E-state index in [-0.39, 0.29) is 10.8 Å². The highest BCUT2D eigenvalue weighted by molar-refractivity contribution is 7.89. The second kappa shape index (κ2) is 6.43. The number of piperidine rings is 1. The number of nitrogens with one attached hydrogen (secondary N) is 1. The molecule has 0 aliphatic carbocycles. The lowest BCUT2D eigenvalue weighted by atomic mass is 9.96. The summed E-state index contributed by atoms with van der Waals surface area (Å²) in [5.41, 5.74) is 0.307. The fourth-order valence-corrected chi connectivity index (χ4v) is 4.44. The summed E-state index contributed by atoms with van der Waals surface area (Å²) in [6.45, 7) is 0.807. The molecule has 0 spiro atoms. The van der Waals surface area contributed by atoms with Gasteiger partial charge in [-0.25, -0.2) is 18.2 Å². The van der Waals surface area contributed by atoms with Gasteiger partial charge in [-0.1, -0.05) is 11.6 Å². The van der Waals surface area contributed by atoms with Crippen molar-refractivity contribution in [3.8, 4) is 0 Å². The van der Waals surface area contributed by atoms with Crippen LogP contribution in [0.1, 0.15) is 24.5 Å². The maximum atomic E-state index is 12.7. The Morgan fingerprint density at radius 2 is 1.96 bits per heavy atom. The van der Waals surface area contributed by atoms with Crippen LogP contribution in [-0.2, 0) is 10.0 Å². The number of aromatic nitrogens is 2. The molecule has 3 rings (SSSR count). The number of hydrogen-bond acceptors (Lipinski definition) is 4. The Labute approximate surface area is 139 Å². The lowest BCUT2D eigenvalue weighted by molar-refractivity contribution is 0.312. The molecule has 1 aromatic carbocycles. The first kappa shape index (κ1) is 16.2. The maximum Gasteiger partial charge on any atom is 0.345 e. The first-order valence-corrected chi connectivity index (χ1v) is 9.09. The zero-order chi connectivity index (χ0) is 16.4. The van der Waals surface area contributed by atoms with Crippen molar-refractivity contribution in [3.63, 3.8) is 0 Å². The Balaban J connectivity index is 1.85. The number of hydrogen-bond donors (Lipinski definition) is 1. The van der Waals surface area contributed by atoms with Gasteiger partial charge >= 0.3 is 5.69 Å². The molecular formula is C15H16ClN3O3S. The molecule has 122 valence electrons. The third-order valence-electron chi connectivity index (χ3n) is 3.97. The molecule has 0 amide bonds. The molecule has 0 unspecified atom stereocenters. The number of aromatic amines is 1. The second-order valence-corrected chi connectivity index (χ2v) is 7.86. The van der Waals surface area contributed by atoms with E-state index in [1.54, 1.807) is 18.2 Å². The van der Waals surface area contributed by atoms with E-state index in [0.717, 1.165) is 18.5 Å². The van der Waals surface area contributed by atoms with Crippen molar-refractivity contribution < 1.29 is 8.42 Å². The van der Waals surface area contributed by atoms with Crippen LogP contribution in [0.5, 0.6) is 0 Å². The standard InChI is InChI=1S/C15H16ClN3O3S/c16-12-3-5-13(6-4-12)23(21,22)19-9-1-2-11(10-19)14-7-8-17-15(20)18-14/h3-8,11H,1-2,9-10H2,(H,17,18,20)/t11-/m0/s1. The molecule has 1 aliphatic heterocycles. The van der Waals surface area contributed by atoms with E-state index >= 15 is 0 Å². The summed E-state index contributed by atoms with van der Waals surface area (Å²) >= 11 is 5.82. The number of sulfonamides is 1. The molecule has 1 atom stereocenters. The van der Waals surface area contributed by atoms with Crippen LogP contribution in [0.25, 0.3) is 0 Å². The largest absolute Gasteiger partial charge is 0.345 e. The van der Waals surface area contributed by atoms with Gasteiger partial charge in [-0.3, -0.25) is 0 Å². The van der Waals surface area contributed by atoms with Gasteiger partial charge in [-0.2, -0.15) is 4.31 Å². The number of halogens is 1. The minimum atomic E-state index is -3.56. The monoisotopic (exact) mass is 353 g/mol. The fraction of sp³-hybridized carbons (Fsp3) is 0.333. The summed E-state index contributed by atoms with van der Waals surface area (Å²) in [5, 5.41) is 0.495. The highest BCUT2D eigenvalue weighted by Gasteiger charge is 2.31. The summed E-state index contributed by atoms with van der Waals surface area (Å²) in [7, 11) is -3.56. The van der Waals surface area contributed by atoms with Gasteiger partial charge in [0.05, 0.1) is 4.90 Å². The van der Waals surface area contributed by atoms with E-state index in [1.807, 2.05) is 0 Å². The Morgan fingerprint density at radius 3 is 2.65 bits per heavy atom. The normalized spacial score (nSPS) is 19.6. The van der Waals surface area contributed by atoms with Crippen molar-refractivity contribution in [2.24, 2.45) is 0 Å². The van der Waals surface area contributed by atoms with Crippen LogP contribution in [0.3, 0.4) is 0 Å². The molecule has 6 nitrogen and oxygen atoms in total. The van der Waals surface area contributed by atoms with E-state index in [1.165, 1.54) is 22.6 Å². The van der Waals surface area contributed by atoms with Gasteiger partial charge in [0.15, 0.2) is 0 Å². The first-order valence-electron chi connectivity index (χ1n) is 7.28. The molecule has 23 heavy (non-hydrogen) atoms. The summed E-state index contributed by atoms with van der Waals surface area (Å²) < 4.78 is 26.9. The maximum absolute atomic E-state index is 12.7. The minimum absolute atomic E-state index is 0.0403. The summed E-state index contributed by atoms with van der Waals surface area (Å²) in [4.78, 5) is 17.9. The highest BCUT2D eigenvalue weighted by Crippen LogP contribution is 2.29. The lowest BCUT2D eigenvalue weighted by Crippen LogP contribution is -2.39. The van der Waals surface area contributed by atoms with Crippen LogP contribution >= 0.6 is 11.6 Å². The van der Waals surface area contributed by atoms with Crippen LogP contribution < -0.4 is 5.69 Å². The SMILES string of the molecule is O=c1nccc([C@H]2CCCN(S(=O)(=O)c3ccc(Cl)cc3)C2)[nH]1. The number of rotatable bonds is 3. The number of benzene rings is 1. The number of nitrogens with zero attached hydrogens (tertiary/aromatic N) is 2. The van der Waals surface area contributed by atoms with Gasteiger partial charge in [0.1, 0.15) is 0 Å². The zero-order valence-corrected chi connectivity index (χ0v) is 13.8. The third kappa shape index (κ3) is 3.46. The van der Waals surface area contributed by atoms with Crippen molar-refractivity contribution in [1.82, 2.24) is 14.3 Å². The molecule has 0 saturated carbocycles. The highest BCUT2D eigenvalue weighted by atomic mass is 35.5. The van der Waals surface area contributed by atoms with Crippen LogP contribution in [-0.4, -0.2) is 35.8 Å². The van der Waals surface area contributed by atoms with Gasteiger partial charge in [0.2, 0.25) is 10.0 Å². The van der Waals surface area contributed by atoms with Gasteiger partial charge in [-0.05, 0) is 43.2 Å². The Hall–Kier alpha value is -1.70. The fourth-order valence-electron chi connectivity index (χ4n) is 2.79. The van der Waals surface area contributed by atoms with E-state index in [9.17, 15) is 13.2 Å². The van der Waals surface area contributed by atoms with E-state index in [2.05, 4.69) is 9.97 Å². The van der Waals surface area contributed by atoms with Gasteiger partial charge < -0.3 is 4.98 Å².